The van der Waals surface area contributed by atoms with E-state index in [0.29, 0.717) is 0 Å². The Hall–Kier alpha value is -1.38. The average molecular weight is 167 g/mol. The highest BCUT2D eigenvalue weighted by Crippen LogP contribution is 1.96. The molecule has 1 rings (SSSR count). The lowest BCUT2D eigenvalue weighted by Gasteiger charge is -1.95. The summed E-state index contributed by atoms with van der Waals surface area (Å²) in [6.45, 7) is 0. The van der Waals surface area contributed by atoms with Crippen LogP contribution in [0.15, 0.2) is 18.2 Å². The molecule has 0 aliphatic rings. The first kappa shape index (κ1) is 13.2. The number of benzene rings is 1. The van der Waals surface area contributed by atoms with Gasteiger partial charge >= 0.3 is 0 Å². The van der Waals surface area contributed by atoms with Gasteiger partial charge in [0.1, 0.15) is 13.7 Å². The van der Waals surface area contributed by atoms with Crippen molar-refractivity contribution < 1.29 is 15.3 Å². The zero-order chi connectivity index (χ0) is 7.56. The molecule has 0 amide bonds. The highest BCUT2D eigenvalue weighted by atomic mass is 19.1. The third-order valence-corrected chi connectivity index (χ3v) is 1.17. The van der Waals surface area contributed by atoms with Gasteiger partial charge in [0, 0.05) is 5.56 Å². The number of hydrogen-bond acceptors (Lipinski definition) is 1. The fourth-order valence-corrected chi connectivity index (χ4v) is 0.635. The van der Waals surface area contributed by atoms with Crippen molar-refractivity contribution in [1.82, 2.24) is 0 Å². The molecule has 0 atom stereocenters. The van der Waals surface area contributed by atoms with Crippen molar-refractivity contribution in [3.8, 4) is 6.07 Å². The van der Waals surface area contributed by atoms with E-state index in [-0.39, 0.29) is 22.0 Å². The topological polar surface area (TPSA) is 86.8 Å². The Bertz CT molecular complexity index is 298. The molecule has 0 saturated heterocycles. The monoisotopic (exact) mass is 167 g/mol. The van der Waals surface area contributed by atoms with Gasteiger partial charge in [0.25, 0.3) is 0 Å². The van der Waals surface area contributed by atoms with Gasteiger partial charge in [-0.3, -0.25) is 0 Å². The van der Waals surface area contributed by atoms with Crippen molar-refractivity contribution in [3.63, 3.8) is 0 Å². The second-order valence-electron chi connectivity index (χ2n) is 1.81. The molecular weight excluding hydrogens is 160 g/mol. The molecule has 12 heavy (non-hydrogen) atoms. The predicted octanol–water partition coefficient (Wildman–Crippen LogP) is -1.16. The van der Waals surface area contributed by atoms with Gasteiger partial charge in [-0.05, 0) is 17.6 Å². The van der Waals surface area contributed by atoms with Crippen LogP contribution in [0, 0.1) is 17.1 Å². The Balaban J connectivity index is 0. The van der Waals surface area contributed by atoms with Crippen LogP contribution in [0.25, 0.3) is 0 Å². The normalized spacial score (nSPS) is 7.33. The molecule has 0 bridgehead atoms. The summed E-state index contributed by atoms with van der Waals surface area (Å²) in [5.41, 5.74) is 0.102. The van der Waals surface area contributed by atoms with Gasteiger partial charge in [-0.1, -0.05) is 6.07 Å². The number of nitrogens with zero attached hydrogens (tertiary/aromatic N) is 1. The fourth-order valence-electron chi connectivity index (χ4n) is 0.635. The first-order valence-corrected chi connectivity index (χ1v) is 2.70. The fraction of sp³-hybridized carbons (Fsp3) is 0. The summed E-state index contributed by atoms with van der Waals surface area (Å²) in [6, 6.07) is 5.91. The Morgan fingerprint density at radius 3 is 2.33 bits per heavy atom. The largest absolute Gasteiger partial charge is 0.412 e. The van der Waals surface area contributed by atoms with Gasteiger partial charge in [-0.25, -0.2) is 4.39 Å². The standard InChI is InChI=1S/C7H3BFN.2H2O/c8-7-5(4-10)2-1-3-6(7)9;;/h1-3H;2*1H2. The van der Waals surface area contributed by atoms with E-state index in [4.69, 9.17) is 13.1 Å². The second-order valence-corrected chi connectivity index (χ2v) is 1.81. The van der Waals surface area contributed by atoms with Gasteiger partial charge < -0.3 is 11.0 Å². The maximum Gasteiger partial charge on any atom is 0.119 e. The molecule has 0 aliphatic heterocycles. The minimum atomic E-state index is -0.543. The lowest BCUT2D eigenvalue weighted by atomic mass is 9.91. The highest BCUT2D eigenvalue weighted by molar-refractivity contribution is 6.33. The summed E-state index contributed by atoms with van der Waals surface area (Å²) in [4.78, 5) is 0. The molecule has 0 heterocycles. The van der Waals surface area contributed by atoms with E-state index >= 15 is 0 Å². The Morgan fingerprint density at radius 1 is 1.33 bits per heavy atom. The van der Waals surface area contributed by atoms with E-state index in [0.717, 1.165) is 0 Å². The first-order chi connectivity index (χ1) is 4.75. The van der Waals surface area contributed by atoms with Crippen molar-refractivity contribution in [2.75, 3.05) is 0 Å². The number of rotatable bonds is 0. The summed E-state index contributed by atoms with van der Waals surface area (Å²) in [5.74, 6) is -0.543. The van der Waals surface area contributed by atoms with Gasteiger partial charge in [-0.2, -0.15) is 5.26 Å². The van der Waals surface area contributed by atoms with Crippen LogP contribution in [0.5, 0.6) is 0 Å². The molecule has 0 aliphatic carbocycles. The minimum Gasteiger partial charge on any atom is -0.412 e. The maximum atomic E-state index is 12.5. The van der Waals surface area contributed by atoms with E-state index in [9.17, 15) is 4.39 Å². The van der Waals surface area contributed by atoms with Crippen molar-refractivity contribution in [2.45, 2.75) is 0 Å². The Morgan fingerprint density at radius 2 is 1.92 bits per heavy atom. The van der Waals surface area contributed by atoms with Crippen molar-refractivity contribution in [1.29, 1.82) is 5.26 Å². The number of nitriles is 1. The van der Waals surface area contributed by atoms with Gasteiger partial charge in [0.2, 0.25) is 0 Å². The SMILES string of the molecule is O.O.[B]c1c(F)cccc1C#N. The molecule has 5 heteroatoms. The van der Waals surface area contributed by atoms with Crippen LogP contribution in [0.4, 0.5) is 4.39 Å². The van der Waals surface area contributed by atoms with Gasteiger partial charge in [0.15, 0.2) is 0 Å². The summed E-state index contributed by atoms with van der Waals surface area (Å²) in [7, 11) is 5.20. The van der Waals surface area contributed by atoms with Crippen LogP contribution in [0.3, 0.4) is 0 Å². The molecule has 0 unspecified atom stereocenters. The molecule has 0 aromatic heterocycles. The molecule has 0 spiro atoms. The number of halogens is 1. The van der Waals surface area contributed by atoms with E-state index in [2.05, 4.69) is 0 Å². The van der Waals surface area contributed by atoms with E-state index in [1.807, 2.05) is 0 Å². The lowest BCUT2D eigenvalue weighted by Crippen LogP contribution is -2.12. The number of hydrogen-bond donors (Lipinski definition) is 0. The molecule has 62 valence electrons. The van der Waals surface area contributed by atoms with E-state index < -0.39 is 5.82 Å². The zero-order valence-electron chi connectivity index (χ0n) is 6.13. The highest BCUT2D eigenvalue weighted by Gasteiger charge is 1.99. The molecule has 4 N–H and O–H groups in total. The van der Waals surface area contributed by atoms with Crippen LogP contribution in [-0.4, -0.2) is 18.8 Å². The van der Waals surface area contributed by atoms with Crippen molar-refractivity contribution in [3.05, 3.63) is 29.6 Å². The summed E-state index contributed by atoms with van der Waals surface area (Å²) in [6.07, 6.45) is 0. The zero-order valence-corrected chi connectivity index (χ0v) is 6.13. The third kappa shape index (κ3) is 2.34. The second kappa shape index (κ2) is 5.30. The molecule has 3 nitrogen and oxygen atoms in total. The van der Waals surface area contributed by atoms with E-state index in [1.54, 1.807) is 6.07 Å². The summed E-state index contributed by atoms with van der Waals surface area (Å²) < 4.78 is 12.5. The molecule has 2 radical (unpaired) electrons. The molecule has 0 fully saturated rings. The third-order valence-electron chi connectivity index (χ3n) is 1.17. The Kier molecular flexibility index (Phi) is 5.84. The lowest BCUT2D eigenvalue weighted by molar-refractivity contribution is 0.636. The average Bonchev–Trinajstić information content (AvgIpc) is 1.95. The first-order valence-electron chi connectivity index (χ1n) is 2.70. The van der Waals surface area contributed by atoms with Crippen molar-refractivity contribution in [2.24, 2.45) is 0 Å². The smallest absolute Gasteiger partial charge is 0.119 e. The van der Waals surface area contributed by atoms with Crippen LogP contribution in [-0.2, 0) is 0 Å². The molecular formula is C7H7BFNO2. The van der Waals surface area contributed by atoms with Crippen LogP contribution in [0.1, 0.15) is 5.56 Å². The summed E-state index contributed by atoms with van der Waals surface area (Å²) >= 11 is 0. The molecule has 1 aromatic carbocycles. The van der Waals surface area contributed by atoms with Crippen LogP contribution >= 0.6 is 0 Å². The molecule has 0 saturated carbocycles. The summed E-state index contributed by atoms with van der Waals surface area (Å²) in [5, 5.41) is 8.35. The van der Waals surface area contributed by atoms with Crippen LogP contribution in [0.2, 0.25) is 0 Å². The van der Waals surface area contributed by atoms with Crippen molar-refractivity contribution >= 4 is 13.3 Å². The Labute approximate surface area is 70.5 Å². The predicted molar refractivity (Wildman–Crippen MR) is 43.7 cm³/mol. The van der Waals surface area contributed by atoms with Gasteiger partial charge in [0.05, 0.1) is 6.07 Å². The van der Waals surface area contributed by atoms with Gasteiger partial charge in [-0.15, -0.1) is 0 Å². The maximum absolute atomic E-state index is 12.5. The quantitative estimate of drug-likeness (QED) is 0.448. The van der Waals surface area contributed by atoms with E-state index in [1.165, 1.54) is 18.2 Å². The minimum absolute atomic E-state index is 0. The molecule has 1 aromatic rings. The van der Waals surface area contributed by atoms with Crippen LogP contribution < -0.4 is 5.46 Å².